The maximum absolute atomic E-state index is 13.8. The second kappa shape index (κ2) is 20.3. The maximum Gasteiger partial charge on any atom is 0.306 e. The highest BCUT2D eigenvalue weighted by molar-refractivity contribution is 5.98. The van der Waals surface area contributed by atoms with Gasteiger partial charge in [0, 0.05) is 23.5 Å². The number of H-pyrrole nitrogens is 1. The van der Waals surface area contributed by atoms with E-state index >= 15 is 0 Å². The molecule has 2 heterocycles. The van der Waals surface area contributed by atoms with E-state index in [1.54, 1.807) is 32.2 Å². The number of hydrogen-bond acceptors (Lipinski definition) is 9. The molecule has 1 saturated heterocycles. The number of nitrogens with one attached hydrogen (secondary N) is 7. The van der Waals surface area contributed by atoms with E-state index in [0.717, 1.165) is 17.3 Å². The van der Waals surface area contributed by atoms with Gasteiger partial charge in [0.25, 0.3) is 0 Å². The summed E-state index contributed by atoms with van der Waals surface area (Å²) in [6.07, 6.45) is 0.481. The van der Waals surface area contributed by atoms with Crippen molar-refractivity contribution in [1.29, 1.82) is 0 Å². The maximum atomic E-state index is 13.8. The van der Waals surface area contributed by atoms with Crippen molar-refractivity contribution in [2.45, 2.75) is 109 Å². The summed E-state index contributed by atoms with van der Waals surface area (Å²) < 4.78 is 0. The molecule has 0 saturated carbocycles. The van der Waals surface area contributed by atoms with Gasteiger partial charge in [0.05, 0.1) is 19.1 Å². The lowest BCUT2D eigenvalue weighted by Crippen LogP contribution is -2.63. The number of aromatic amines is 1. The minimum atomic E-state index is -1.95. The van der Waals surface area contributed by atoms with Gasteiger partial charge in [-0.05, 0) is 49.3 Å². The topological polar surface area (TPSA) is 274 Å². The first kappa shape index (κ1) is 42.4. The van der Waals surface area contributed by atoms with Crippen molar-refractivity contribution in [3.05, 3.63) is 36.0 Å². The summed E-state index contributed by atoms with van der Waals surface area (Å²) >= 11 is 0. The molecule has 3 rings (SSSR count). The Bertz CT molecular complexity index is 1610. The molecule has 17 heteroatoms. The van der Waals surface area contributed by atoms with Crippen LogP contribution in [0.2, 0.25) is 0 Å². The number of carboxylic acids is 1. The number of aromatic nitrogens is 1. The van der Waals surface area contributed by atoms with Crippen LogP contribution in [0.3, 0.4) is 0 Å². The number of benzene rings is 1. The van der Waals surface area contributed by atoms with E-state index in [2.05, 4.69) is 36.9 Å². The molecule has 292 valence electrons. The number of fused-ring (bicyclic) bond motifs is 1. The normalized spacial score (nSPS) is 23.3. The molecule has 53 heavy (non-hydrogen) atoms. The zero-order valence-corrected chi connectivity index (χ0v) is 30.7. The zero-order chi connectivity index (χ0) is 39.2. The first-order valence-corrected chi connectivity index (χ1v) is 18.0. The van der Waals surface area contributed by atoms with Crippen LogP contribution in [0.1, 0.15) is 71.8 Å². The number of nitrogens with two attached hydrogens (primary N) is 1. The molecule has 1 aromatic heterocycles. The van der Waals surface area contributed by atoms with Crippen LogP contribution in [-0.2, 0) is 40.0 Å². The molecule has 6 amide bonds. The highest BCUT2D eigenvalue weighted by Crippen LogP contribution is 2.20. The number of aliphatic hydroxyl groups excluding tert-OH is 1. The van der Waals surface area contributed by atoms with Gasteiger partial charge < -0.3 is 52.8 Å². The Hall–Kier alpha value is -5.03. The van der Waals surface area contributed by atoms with Crippen molar-refractivity contribution in [1.82, 2.24) is 36.9 Å². The fourth-order valence-electron chi connectivity index (χ4n) is 6.05. The van der Waals surface area contributed by atoms with Crippen LogP contribution >= 0.6 is 0 Å². The first-order chi connectivity index (χ1) is 25.1. The van der Waals surface area contributed by atoms with E-state index in [1.807, 2.05) is 26.0 Å². The number of rotatable bonds is 13. The summed E-state index contributed by atoms with van der Waals surface area (Å²) in [5, 5.41) is 36.4. The zero-order valence-electron chi connectivity index (χ0n) is 30.7. The van der Waals surface area contributed by atoms with Crippen molar-refractivity contribution in [3.63, 3.8) is 0 Å². The molecular weight excluding hydrogens is 688 g/mol. The van der Waals surface area contributed by atoms with Gasteiger partial charge in [-0.25, -0.2) is 0 Å². The molecule has 2 aromatic rings. The van der Waals surface area contributed by atoms with E-state index < -0.39 is 96.6 Å². The Morgan fingerprint density at radius 1 is 0.792 bits per heavy atom. The quantitative estimate of drug-likeness (QED) is 0.124. The summed E-state index contributed by atoms with van der Waals surface area (Å²) in [4.78, 5) is 96.5. The monoisotopic (exact) mass is 742 g/mol. The predicted molar refractivity (Wildman–Crippen MR) is 195 cm³/mol. The van der Waals surface area contributed by atoms with Crippen LogP contribution in [0.5, 0.6) is 0 Å². The molecule has 1 fully saturated rings. The summed E-state index contributed by atoms with van der Waals surface area (Å²) in [6, 6.07) is 0.431. The molecule has 0 unspecified atom stereocenters. The lowest BCUT2D eigenvalue weighted by molar-refractivity contribution is -0.142. The number of hydrogen-bond donors (Lipinski definition) is 10. The summed E-state index contributed by atoms with van der Waals surface area (Å²) in [5.74, 6) is -6.48. The Balaban J connectivity index is 2.06. The number of carbonyl (C=O) groups is 7. The Morgan fingerprint density at radius 2 is 1.40 bits per heavy atom. The van der Waals surface area contributed by atoms with Crippen molar-refractivity contribution in [2.24, 2.45) is 17.6 Å². The summed E-state index contributed by atoms with van der Waals surface area (Å²) in [7, 11) is 0. The number of aliphatic hydroxyl groups is 1. The average Bonchev–Trinajstić information content (AvgIpc) is 3.50. The van der Waals surface area contributed by atoms with Gasteiger partial charge in [-0.3, -0.25) is 33.6 Å². The van der Waals surface area contributed by atoms with Crippen molar-refractivity contribution < 1.29 is 43.8 Å². The van der Waals surface area contributed by atoms with Crippen molar-refractivity contribution >= 4 is 52.3 Å². The Kier molecular flexibility index (Phi) is 16.2. The van der Waals surface area contributed by atoms with E-state index in [-0.39, 0.29) is 32.2 Å². The number of carbonyl (C=O) groups excluding carboxylic acids is 6. The molecule has 1 aromatic carbocycles. The number of carboxylic acid groups (broad SMARTS) is 1. The SMILES string of the molecule is CC(C)CCC[C@@H]1NC(=O)CNC(=O)[C@@H](Cc2c[nH]c3ccccc23)NC(=O)[C@H]([C@H](O)CC(=O)O)NC(=O)[C@@H](CCCN)NC(=O)[C@H](C(C)C)NC1=O. The Morgan fingerprint density at radius 3 is 2.04 bits per heavy atom. The van der Waals surface area contributed by atoms with E-state index in [1.165, 1.54) is 0 Å². The van der Waals surface area contributed by atoms with E-state index in [4.69, 9.17) is 5.73 Å². The highest BCUT2D eigenvalue weighted by atomic mass is 16.4. The van der Waals surface area contributed by atoms with Crippen LogP contribution in [-0.4, -0.2) is 106 Å². The van der Waals surface area contributed by atoms with Gasteiger partial charge in [-0.1, -0.05) is 58.7 Å². The molecule has 0 radical (unpaired) electrons. The first-order valence-electron chi connectivity index (χ1n) is 18.0. The minimum absolute atomic E-state index is 0.00429. The molecule has 17 nitrogen and oxygen atoms in total. The molecule has 6 atom stereocenters. The van der Waals surface area contributed by atoms with Gasteiger partial charge in [0.2, 0.25) is 35.4 Å². The standard InChI is InChI=1S/C36H54N8O9/c1-19(2)9-7-12-24-33(50)43-30(20(3)4)35(52)41-25(13-8-14-37)34(51)44-31(27(45)16-29(47)48)36(53)42-26(32(49)39-18-28(46)40-24)15-21-17-38-23-11-6-5-10-22(21)23/h5-6,10-11,17,19-20,24-27,30-31,38,45H,7-9,12-16,18,37H2,1-4H3,(H,39,49)(H,40,46)(H,41,52)(H,42,53)(H,43,50)(H,44,51)(H,47,48)/t24-,25+,26+,27+,30-,31-/m0/s1. The fourth-order valence-corrected chi connectivity index (χ4v) is 6.05. The summed E-state index contributed by atoms with van der Waals surface area (Å²) in [5.41, 5.74) is 7.07. The van der Waals surface area contributed by atoms with Crippen LogP contribution in [0.4, 0.5) is 0 Å². The van der Waals surface area contributed by atoms with Gasteiger partial charge in [0.1, 0.15) is 30.2 Å². The van der Waals surface area contributed by atoms with Crippen molar-refractivity contribution in [2.75, 3.05) is 13.1 Å². The van der Waals surface area contributed by atoms with Gasteiger partial charge in [0.15, 0.2) is 0 Å². The molecular formula is C36H54N8O9. The van der Waals surface area contributed by atoms with Crippen molar-refractivity contribution in [3.8, 4) is 0 Å². The molecule has 1 aliphatic heterocycles. The number of amides is 6. The summed E-state index contributed by atoms with van der Waals surface area (Å²) in [6.45, 7) is 6.97. The lowest BCUT2D eigenvalue weighted by atomic mass is 9.99. The van der Waals surface area contributed by atoms with E-state index in [9.17, 15) is 43.8 Å². The number of aliphatic carboxylic acids is 1. The predicted octanol–water partition coefficient (Wildman–Crippen LogP) is -0.679. The second-order valence-corrected chi connectivity index (χ2v) is 14.2. The Labute approximate surface area is 308 Å². The van der Waals surface area contributed by atoms with Gasteiger partial charge in [-0.2, -0.15) is 0 Å². The fraction of sp³-hybridized carbons (Fsp3) is 0.583. The lowest BCUT2D eigenvalue weighted by Gasteiger charge is -2.30. The molecule has 11 N–H and O–H groups in total. The van der Waals surface area contributed by atoms with E-state index in [0.29, 0.717) is 17.9 Å². The minimum Gasteiger partial charge on any atom is -0.481 e. The van der Waals surface area contributed by atoms with Crippen LogP contribution in [0.15, 0.2) is 30.5 Å². The smallest absolute Gasteiger partial charge is 0.306 e. The molecule has 0 aliphatic carbocycles. The highest BCUT2D eigenvalue weighted by Gasteiger charge is 2.37. The largest absolute Gasteiger partial charge is 0.481 e. The molecule has 0 bridgehead atoms. The van der Waals surface area contributed by atoms with Crippen LogP contribution in [0.25, 0.3) is 10.9 Å². The molecule has 1 aliphatic rings. The van der Waals surface area contributed by atoms with Crippen LogP contribution < -0.4 is 37.6 Å². The molecule has 0 spiro atoms. The number of para-hydroxylation sites is 1. The third kappa shape index (κ3) is 12.9. The average molecular weight is 743 g/mol. The van der Waals surface area contributed by atoms with Gasteiger partial charge >= 0.3 is 5.97 Å². The van der Waals surface area contributed by atoms with Gasteiger partial charge in [-0.15, -0.1) is 0 Å². The third-order valence-electron chi connectivity index (χ3n) is 9.01. The van der Waals surface area contributed by atoms with Crippen LogP contribution in [0, 0.1) is 11.8 Å². The second-order valence-electron chi connectivity index (χ2n) is 14.2. The third-order valence-corrected chi connectivity index (χ3v) is 9.01.